The molecule has 3 rings (SSSR count). The van der Waals surface area contributed by atoms with E-state index in [1.165, 1.54) is 10.6 Å². The van der Waals surface area contributed by atoms with E-state index in [4.69, 9.17) is 9.47 Å². The summed E-state index contributed by atoms with van der Waals surface area (Å²) in [7, 11) is 3.32. The van der Waals surface area contributed by atoms with Gasteiger partial charge in [-0.25, -0.2) is 0 Å². The molecule has 144 valence electrons. The minimum atomic E-state index is 0.0776. The Morgan fingerprint density at radius 3 is 2.41 bits per heavy atom. The lowest BCUT2D eigenvalue weighted by Gasteiger charge is -2.33. The molecule has 1 aliphatic heterocycles. The molecule has 0 aromatic heterocycles. The van der Waals surface area contributed by atoms with E-state index in [-0.39, 0.29) is 5.91 Å². The van der Waals surface area contributed by atoms with Crippen LogP contribution in [0.4, 0.5) is 5.69 Å². The third-order valence-corrected chi connectivity index (χ3v) is 4.99. The normalized spacial score (nSPS) is 14.7. The van der Waals surface area contributed by atoms with E-state index < -0.39 is 0 Å². The van der Waals surface area contributed by atoms with E-state index in [0.29, 0.717) is 13.1 Å². The number of nitrogens with zero attached hydrogens (tertiary/aromatic N) is 1. The number of methoxy groups -OCH3 is 2. The van der Waals surface area contributed by atoms with Crippen LogP contribution in [0.3, 0.4) is 0 Å². The quantitative estimate of drug-likeness (QED) is 0.754. The standard InChI is InChI=1S/C21H27N3O3/c1-26-19-9-7-18(8-10-19)24-13-11-23(12-14-24)16-21(25)22-15-17-5-3-4-6-20(17)27-2/h3-10H,11-16H2,1-2H3,(H,22,25)/p+1. The van der Waals surface area contributed by atoms with Crippen molar-refractivity contribution in [3.63, 3.8) is 0 Å². The lowest BCUT2D eigenvalue weighted by atomic mass is 10.2. The Morgan fingerprint density at radius 2 is 1.74 bits per heavy atom. The lowest BCUT2D eigenvalue weighted by Crippen LogP contribution is -3.15. The zero-order valence-electron chi connectivity index (χ0n) is 16.0. The summed E-state index contributed by atoms with van der Waals surface area (Å²) >= 11 is 0. The minimum absolute atomic E-state index is 0.0776. The maximum absolute atomic E-state index is 12.3. The summed E-state index contributed by atoms with van der Waals surface area (Å²) in [5, 5.41) is 3.01. The molecule has 2 N–H and O–H groups in total. The second-order valence-corrected chi connectivity index (χ2v) is 6.70. The molecule has 1 heterocycles. The summed E-state index contributed by atoms with van der Waals surface area (Å²) in [6.07, 6.45) is 0. The van der Waals surface area contributed by atoms with Crippen molar-refractivity contribution in [2.75, 3.05) is 51.8 Å². The summed E-state index contributed by atoms with van der Waals surface area (Å²) in [4.78, 5) is 16.0. The van der Waals surface area contributed by atoms with E-state index in [2.05, 4.69) is 22.3 Å². The van der Waals surface area contributed by atoms with Gasteiger partial charge in [-0.3, -0.25) is 4.79 Å². The van der Waals surface area contributed by atoms with Crippen LogP contribution in [0.15, 0.2) is 48.5 Å². The minimum Gasteiger partial charge on any atom is -0.497 e. The highest BCUT2D eigenvalue weighted by molar-refractivity contribution is 5.76. The number of hydrogen-bond acceptors (Lipinski definition) is 4. The van der Waals surface area contributed by atoms with Crippen LogP contribution in [-0.4, -0.2) is 52.9 Å². The number of nitrogens with one attached hydrogen (secondary N) is 2. The maximum atomic E-state index is 12.3. The van der Waals surface area contributed by atoms with E-state index in [9.17, 15) is 4.79 Å². The number of para-hydroxylation sites is 1. The summed E-state index contributed by atoms with van der Waals surface area (Å²) < 4.78 is 10.5. The Hall–Kier alpha value is -2.73. The van der Waals surface area contributed by atoms with E-state index in [1.54, 1.807) is 14.2 Å². The van der Waals surface area contributed by atoms with Crippen molar-refractivity contribution in [1.82, 2.24) is 5.32 Å². The SMILES string of the molecule is COc1ccc(N2CC[NH+](CC(=O)NCc3ccccc3OC)CC2)cc1. The molecule has 1 saturated heterocycles. The first-order valence-corrected chi connectivity index (χ1v) is 9.30. The molecule has 0 atom stereocenters. The molecule has 6 heteroatoms. The second kappa shape index (κ2) is 9.28. The number of carbonyl (C=O) groups is 1. The van der Waals surface area contributed by atoms with Gasteiger partial charge in [0.1, 0.15) is 11.5 Å². The first-order chi connectivity index (χ1) is 13.2. The highest BCUT2D eigenvalue weighted by Gasteiger charge is 2.22. The molecule has 0 unspecified atom stereocenters. The predicted molar refractivity (Wildman–Crippen MR) is 106 cm³/mol. The Bertz CT molecular complexity index is 741. The molecule has 2 aromatic rings. The molecule has 1 amide bonds. The van der Waals surface area contributed by atoms with Gasteiger partial charge < -0.3 is 24.6 Å². The zero-order valence-corrected chi connectivity index (χ0v) is 16.0. The number of amides is 1. The van der Waals surface area contributed by atoms with Gasteiger partial charge >= 0.3 is 0 Å². The molecule has 1 fully saturated rings. The highest BCUT2D eigenvalue weighted by atomic mass is 16.5. The Balaban J connectivity index is 1.43. The van der Waals surface area contributed by atoms with Gasteiger partial charge in [0.25, 0.3) is 5.91 Å². The van der Waals surface area contributed by atoms with Crippen LogP contribution in [0.1, 0.15) is 5.56 Å². The maximum Gasteiger partial charge on any atom is 0.275 e. The average Bonchev–Trinajstić information content (AvgIpc) is 2.73. The first-order valence-electron chi connectivity index (χ1n) is 9.30. The van der Waals surface area contributed by atoms with Crippen molar-refractivity contribution in [2.24, 2.45) is 0 Å². The third-order valence-electron chi connectivity index (χ3n) is 4.99. The van der Waals surface area contributed by atoms with Gasteiger partial charge in [0, 0.05) is 17.8 Å². The van der Waals surface area contributed by atoms with Crippen LogP contribution in [-0.2, 0) is 11.3 Å². The van der Waals surface area contributed by atoms with Gasteiger partial charge in [0.2, 0.25) is 0 Å². The van der Waals surface area contributed by atoms with E-state index in [1.807, 2.05) is 36.4 Å². The van der Waals surface area contributed by atoms with Crippen molar-refractivity contribution in [1.29, 1.82) is 0 Å². The lowest BCUT2D eigenvalue weighted by molar-refractivity contribution is -0.892. The van der Waals surface area contributed by atoms with Crippen LogP contribution >= 0.6 is 0 Å². The van der Waals surface area contributed by atoms with Crippen molar-refractivity contribution in [3.05, 3.63) is 54.1 Å². The first kappa shape index (κ1) is 19.0. The van der Waals surface area contributed by atoms with Crippen LogP contribution in [0, 0.1) is 0 Å². The average molecular weight is 370 g/mol. The molecule has 0 saturated carbocycles. The summed E-state index contributed by atoms with van der Waals surface area (Å²) in [6, 6.07) is 15.9. The number of piperazine rings is 1. The van der Waals surface area contributed by atoms with Gasteiger partial charge in [-0.05, 0) is 30.3 Å². The molecule has 6 nitrogen and oxygen atoms in total. The van der Waals surface area contributed by atoms with Crippen molar-refractivity contribution < 1.29 is 19.2 Å². The van der Waals surface area contributed by atoms with Gasteiger partial charge in [-0.2, -0.15) is 0 Å². The van der Waals surface area contributed by atoms with E-state index >= 15 is 0 Å². The molecule has 27 heavy (non-hydrogen) atoms. The van der Waals surface area contributed by atoms with Crippen molar-refractivity contribution in [2.45, 2.75) is 6.54 Å². The fourth-order valence-electron chi connectivity index (χ4n) is 3.38. The number of quaternary nitrogens is 1. The zero-order chi connectivity index (χ0) is 19.1. The number of ether oxygens (including phenoxy) is 2. The van der Waals surface area contributed by atoms with E-state index in [0.717, 1.165) is 43.2 Å². The molecule has 2 aromatic carbocycles. The Kier molecular flexibility index (Phi) is 6.54. The van der Waals surface area contributed by atoms with Crippen LogP contribution in [0.5, 0.6) is 11.5 Å². The van der Waals surface area contributed by atoms with Crippen molar-refractivity contribution >= 4 is 11.6 Å². The summed E-state index contributed by atoms with van der Waals surface area (Å²) in [5.74, 6) is 1.75. The monoisotopic (exact) mass is 370 g/mol. The summed E-state index contributed by atoms with van der Waals surface area (Å²) in [5.41, 5.74) is 2.20. The van der Waals surface area contributed by atoms with Gasteiger partial charge in [0.15, 0.2) is 6.54 Å². The van der Waals surface area contributed by atoms with Gasteiger partial charge in [-0.15, -0.1) is 0 Å². The Labute approximate surface area is 160 Å². The molecule has 1 aliphatic rings. The Morgan fingerprint density at radius 1 is 1.04 bits per heavy atom. The number of anilines is 1. The van der Waals surface area contributed by atoms with Crippen LogP contribution in [0.2, 0.25) is 0 Å². The topological polar surface area (TPSA) is 55.2 Å². The number of benzene rings is 2. The van der Waals surface area contributed by atoms with Crippen LogP contribution < -0.4 is 24.6 Å². The second-order valence-electron chi connectivity index (χ2n) is 6.70. The van der Waals surface area contributed by atoms with Gasteiger partial charge in [-0.1, -0.05) is 18.2 Å². The van der Waals surface area contributed by atoms with Crippen molar-refractivity contribution in [3.8, 4) is 11.5 Å². The number of carbonyl (C=O) groups excluding carboxylic acids is 1. The summed E-state index contributed by atoms with van der Waals surface area (Å²) in [6.45, 7) is 4.80. The highest BCUT2D eigenvalue weighted by Crippen LogP contribution is 2.19. The molecular formula is C21H28N3O3+. The van der Waals surface area contributed by atoms with Gasteiger partial charge in [0.05, 0.1) is 40.4 Å². The fraction of sp³-hybridized carbons (Fsp3) is 0.381. The predicted octanol–water partition coefficient (Wildman–Crippen LogP) is 0.725. The molecular weight excluding hydrogens is 342 g/mol. The molecule has 0 radical (unpaired) electrons. The molecule has 0 bridgehead atoms. The largest absolute Gasteiger partial charge is 0.497 e. The molecule has 0 aliphatic carbocycles. The molecule has 0 spiro atoms. The smallest absolute Gasteiger partial charge is 0.275 e. The fourth-order valence-corrected chi connectivity index (χ4v) is 3.38. The number of rotatable bonds is 7. The van der Waals surface area contributed by atoms with Crippen LogP contribution in [0.25, 0.3) is 0 Å². The number of hydrogen-bond donors (Lipinski definition) is 2. The third kappa shape index (κ3) is 5.14.